The second-order valence-electron chi connectivity index (χ2n) is 34.7. The van der Waals surface area contributed by atoms with Crippen LogP contribution in [0.5, 0.6) is 0 Å². The maximum absolute atomic E-state index is 14.1. The third-order valence-corrected chi connectivity index (χ3v) is 32.1. The molecular formula is C106H110Cl8N10O12S4. The van der Waals surface area contributed by atoms with Gasteiger partial charge >= 0.3 is 0 Å². The Bertz CT molecular complexity index is 6320. The van der Waals surface area contributed by atoms with E-state index in [-0.39, 0.29) is 72.9 Å². The van der Waals surface area contributed by atoms with E-state index in [2.05, 4.69) is 58.9 Å². The molecule has 12 aromatic rings. The number of anilines is 4. The lowest BCUT2D eigenvalue weighted by Gasteiger charge is -2.37. The zero-order chi connectivity index (χ0) is 100. The van der Waals surface area contributed by atoms with Gasteiger partial charge in [-0.1, -0.05) is 218 Å². The summed E-state index contributed by atoms with van der Waals surface area (Å²) in [5.74, 6) is 1.12. The Hall–Kier alpha value is -9.40. The fourth-order valence-corrected chi connectivity index (χ4v) is 25.5. The van der Waals surface area contributed by atoms with Crippen LogP contribution in [-0.4, -0.2) is 169 Å². The number of methoxy groups -OCH3 is 4. The molecule has 4 saturated heterocycles. The molecular weight excluding hydrogens is 2020 g/mol. The monoisotopic (exact) mass is 2120 g/mol. The number of hydrogen-bond acceptors (Lipinski definition) is 16. The van der Waals surface area contributed by atoms with E-state index in [4.69, 9.17) is 112 Å². The Balaban J connectivity index is 0.000000157. The number of fused-ring (bicyclic) bond motifs is 2. The molecule has 16 rings (SSSR count). The van der Waals surface area contributed by atoms with Gasteiger partial charge in [-0.3, -0.25) is 38.4 Å². The molecule has 0 radical (unpaired) electrons. The maximum Gasteiger partial charge on any atom is 0.239 e. The first-order chi connectivity index (χ1) is 67.4. The average Bonchev–Trinajstić information content (AvgIpc) is 1.53. The first-order valence-electron chi connectivity index (χ1n) is 45.6. The number of halogens is 8. The van der Waals surface area contributed by atoms with Crippen LogP contribution < -0.4 is 40.9 Å². The van der Waals surface area contributed by atoms with E-state index in [1.165, 1.54) is 23.5 Å². The number of ether oxygens (including phenoxy) is 4. The number of hydrogen-bond donors (Lipinski definition) is 6. The summed E-state index contributed by atoms with van der Waals surface area (Å²) in [4.78, 5) is 126. The lowest BCUT2D eigenvalue weighted by molar-refractivity contribution is -0.125. The van der Waals surface area contributed by atoms with Gasteiger partial charge in [0.2, 0.25) is 47.3 Å². The minimum absolute atomic E-state index is 0.00280. The van der Waals surface area contributed by atoms with Crippen molar-refractivity contribution in [2.75, 3.05) is 112 Å². The van der Waals surface area contributed by atoms with Crippen molar-refractivity contribution in [3.63, 3.8) is 0 Å². The van der Waals surface area contributed by atoms with Crippen molar-refractivity contribution >= 4 is 232 Å². The molecule has 8 atom stereocenters. The van der Waals surface area contributed by atoms with E-state index in [0.717, 1.165) is 78.2 Å². The molecule has 0 spiro atoms. The minimum atomic E-state index is -1.18. The number of aromatic amines is 2. The van der Waals surface area contributed by atoms with Gasteiger partial charge in [-0.15, -0.1) is 47.0 Å². The molecule has 6 N–H and O–H groups in total. The van der Waals surface area contributed by atoms with E-state index in [0.29, 0.717) is 127 Å². The highest BCUT2D eigenvalue weighted by molar-refractivity contribution is 8.02. The molecule has 4 fully saturated rings. The predicted molar refractivity (Wildman–Crippen MR) is 574 cm³/mol. The van der Waals surface area contributed by atoms with Crippen molar-refractivity contribution in [2.45, 2.75) is 119 Å². The Labute approximate surface area is 873 Å². The lowest BCUT2D eigenvalue weighted by atomic mass is 9.91. The van der Waals surface area contributed by atoms with Gasteiger partial charge in [-0.05, 0) is 193 Å². The van der Waals surface area contributed by atoms with Crippen LogP contribution in [0.1, 0.15) is 113 Å². The predicted octanol–water partition coefficient (Wildman–Crippen LogP) is 24.0. The number of rotatable bonds is 36. The first kappa shape index (κ1) is 108. The van der Waals surface area contributed by atoms with E-state index in [9.17, 15) is 38.4 Å². The van der Waals surface area contributed by atoms with Crippen LogP contribution in [-0.2, 0) is 57.3 Å². The minimum Gasteiger partial charge on any atom is -0.383 e. The molecule has 10 aromatic carbocycles. The second kappa shape index (κ2) is 50.2. The van der Waals surface area contributed by atoms with Crippen LogP contribution in [0.15, 0.2) is 265 Å². The number of aromatic nitrogens is 2. The Morgan fingerprint density at radius 3 is 0.929 bits per heavy atom. The highest BCUT2D eigenvalue weighted by atomic mass is 35.5. The van der Waals surface area contributed by atoms with Crippen molar-refractivity contribution in [2.24, 2.45) is 11.8 Å². The molecule has 140 heavy (non-hydrogen) atoms. The van der Waals surface area contributed by atoms with Gasteiger partial charge in [0.05, 0.1) is 76.3 Å². The SMILES string of the molecule is COCCNC(=O)C1(SCCC(C)C)CC(=O)N(c2cccc(Cl)c2)C1c1c[nH]c2cc(Cl)ccc12.COCCNC(=O)C1(SCCC(C)C)CC(=O)N(c2cccc(Cl)c2)C1c1ccc(Cl)cc1.COCCNC(=O)C1(Sc2ccccc2)CC(=O)N(c2cccc(Cl)c2)C1c1c[nH]c2cc(Cl)ccc12.COCCNC(=O)C1(Sc2ccccc2)CC(=O)N(c2cccc(Cl)c2)C1c1ccc(Cl)cc1. The van der Waals surface area contributed by atoms with Crippen LogP contribution in [0, 0.1) is 11.8 Å². The molecule has 0 aliphatic carbocycles. The molecule has 8 unspecified atom stereocenters. The summed E-state index contributed by atoms with van der Waals surface area (Å²) < 4.78 is 16.2. The van der Waals surface area contributed by atoms with E-state index in [1.54, 1.807) is 156 Å². The van der Waals surface area contributed by atoms with Crippen LogP contribution >= 0.6 is 140 Å². The third-order valence-electron chi connectivity index (χ3n) is 24.3. The van der Waals surface area contributed by atoms with Gasteiger partial charge < -0.3 is 69.8 Å². The molecule has 2 aromatic heterocycles. The number of thioether (sulfide) groups is 4. The van der Waals surface area contributed by atoms with Gasteiger partial charge in [0.15, 0.2) is 0 Å². The summed E-state index contributed by atoms with van der Waals surface area (Å²) in [6, 6.07) is 71.6. The van der Waals surface area contributed by atoms with Crippen molar-refractivity contribution < 1.29 is 57.3 Å². The Kier molecular flexibility index (Phi) is 38.7. The van der Waals surface area contributed by atoms with Gasteiger partial charge in [0.25, 0.3) is 0 Å². The summed E-state index contributed by atoms with van der Waals surface area (Å²) in [5, 5.41) is 18.3. The van der Waals surface area contributed by atoms with Gasteiger partial charge in [0.1, 0.15) is 19.0 Å². The number of nitrogens with one attached hydrogen (secondary N) is 6. The second-order valence-corrected chi connectivity index (χ2v) is 43.9. The third kappa shape index (κ3) is 25.5. The smallest absolute Gasteiger partial charge is 0.239 e. The van der Waals surface area contributed by atoms with Gasteiger partial charge in [-0.25, -0.2) is 0 Å². The van der Waals surface area contributed by atoms with Crippen LogP contribution in [0.25, 0.3) is 21.8 Å². The summed E-state index contributed by atoms with van der Waals surface area (Å²) in [6.45, 7) is 11.5. The largest absolute Gasteiger partial charge is 0.383 e. The zero-order valence-electron chi connectivity index (χ0n) is 78.4. The van der Waals surface area contributed by atoms with Crippen molar-refractivity contribution in [1.82, 2.24) is 31.2 Å². The molecule has 34 heteroatoms. The quantitative estimate of drug-likeness (QED) is 0.0199. The highest BCUT2D eigenvalue weighted by Gasteiger charge is 2.63. The molecule has 4 aliphatic heterocycles. The molecule has 22 nitrogen and oxygen atoms in total. The normalized spacial score (nSPS) is 20.0. The van der Waals surface area contributed by atoms with Crippen molar-refractivity contribution in [1.29, 1.82) is 0 Å². The van der Waals surface area contributed by atoms with Crippen LogP contribution in [0.4, 0.5) is 22.7 Å². The fraction of sp³-hybridized carbons (Fsp3) is 0.321. The number of nitrogens with zero attached hydrogens (tertiary/aromatic N) is 4. The first-order valence-corrected chi connectivity index (χ1v) is 52.2. The summed E-state index contributed by atoms with van der Waals surface area (Å²) in [7, 11) is 6.35. The summed E-state index contributed by atoms with van der Waals surface area (Å²) in [5.41, 5.74) is 7.62. The average molecular weight is 2130 g/mol. The van der Waals surface area contributed by atoms with E-state index >= 15 is 0 Å². The van der Waals surface area contributed by atoms with Gasteiger partial charge in [-0.2, -0.15) is 0 Å². The zero-order valence-corrected chi connectivity index (χ0v) is 87.7. The maximum atomic E-state index is 14.1. The Morgan fingerprint density at radius 2 is 0.614 bits per heavy atom. The number of carbonyl (C=O) groups is 8. The summed E-state index contributed by atoms with van der Waals surface area (Å²) >= 11 is 56.0. The molecule has 0 saturated carbocycles. The van der Waals surface area contributed by atoms with Crippen molar-refractivity contribution in [3.8, 4) is 0 Å². The van der Waals surface area contributed by atoms with E-state index in [1.807, 2.05) is 170 Å². The molecule has 8 amide bonds. The fourth-order valence-electron chi connectivity index (χ4n) is 17.8. The molecule has 6 heterocycles. The molecule has 736 valence electrons. The van der Waals surface area contributed by atoms with Crippen molar-refractivity contribution in [3.05, 3.63) is 317 Å². The standard InChI is InChI=1S/C28H25Cl2N3O3S.C27H31Cl2N3O3S.C26H24Cl2N2O3S.C25H30Cl2N2O3S/c1-36-13-12-31-27(35)28(37-21-8-3-2-4-9-21)16-25(34)33(20-7-5-6-18(29)14-20)26(28)23-17-32-24-15-19(30)10-11-22(23)24;1-17(2)9-12-36-27(26(34)30-10-11-35-3)15-24(33)32(20-6-4-5-18(28)13-20)25(27)22-16-31-23-14-19(29)7-8-21(22)23;1-33-15-14-29-25(32)26(34-22-8-3-2-4-9-22)17-23(31)30(21-7-5-6-20(28)16-21)24(26)18-10-12-19(27)13-11-18;1-17(2)11-14-33-25(24(31)28-12-13-32-3)16-22(30)29(21-6-4-5-20(27)15-21)23(25)18-7-9-19(26)10-8-18/h2-11,14-15,17,26,32H,12-13,16H2,1H3,(H,31,35);4-8,13-14,16-17,25,31H,9-12,15H2,1-3H3,(H,30,34);2-13,16,24H,14-15,17H2,1H3,(H,29,32);4-10,15,17,23H,11-14,16H2,1-3H3,(H,28,31). The van der Waals surface area contributed by atoms with Gasteiger partial charge in [0, 0.05) is 173 Å². The Morgan fingerprint density at radius 1 is 0.343 bits per heavy atom. The molecule has 0 bridgehead atoms. The number of carbonyl (C=O) groups excluding carboxylic acids is 8. The van der Waals surface area contributed by atoms with E-state index < -0.39 is 43.2 Å². The topological polar surface area (TPSA) is 266 Å². The number of H-pyrrole nitrogens is 2. The highest BCUT2D eigenvalue weighted by Crippen LogP contribution is 2.59. The summed E-state index contributed by atoms with van der Waals surface area (Å²) in [6.07, 6.45) is 5.82. The van der Waals surface area contributed by atoms with Crippen LogP contribution in [0.3, 0.4) is 0 Å². The molecule has 4 aliphatic rings. The number of benzene rings is 10. The lowest BCUT2D eigenvalue weighted by Crippen LogP contribution is -2.49. The van der Waals surface area contributed by atoms with Crippen LogP contribution in [0.2, 0.25) is 40.2 Å². The number of amides is 8.